The minimum absolute atomic E-state index is 0.153. The van der Waals surface area contributed by atoms with Gasteiger partial charge in [-0.05, 0) is 49.1 Å². The topological polar surface area (TPSA) is 85.9 Å². The van der Waals surface area contributed by atoms with E-state index in [1.165, 1.54) is 16.7 Å². The minimum Gasteiger partial charge on any atom is -0.378 e. The predicted octanol–water partition coefficient (Wildman–Crippen LogP) is 1.19. The van der Waals surface area contributed by atoms with Crippen LogP contribution in [0.2, 0.25) is 0 Å². The van der Waals surface area contributed by atoms with Crippen LogP contribution in [0.5, 0.6) is 0 Å². The van der Waals surface area contributed by atoms with Gasteiger partial charge in [-0.3, -0.25) is 4.79 Å². The molecule has 9 nitrogen and oxygen atoms in total. The zero-order chi connectivity index (χ0) is 22.8. The van der Waals surface area contributed by atoms with Gasteiger partial charge in [0.2, 0.25) is 5.91 Å². The third-order valence-electron chi connectivity index (χ3n) is 7.02. The van der Waals surface area contributed by atoms with Crippen molar-refractivity contribution < 1.29 is 9.53 Å². The highest BCUT2D eigenvalue weighted by Crippen LogP contribution is 2.25. The summed E-state index contributed by atoms with van der Waals surface area (Å²) in [6.07, 6.45) is 0.760. The molecular formula is C24H33N7O2. The number of ether oxygens (including phenoxy) is 1. The Bertz CT molecular complexity index is 969. The second kappa shape index (κ2) is 9.62. The zero-order valence-corrected chi connectivity index (χ0v) is 19.5. The van der Waals surface area contributed by atoms with E-state index in [2.05, 4.69) is 62.9 Å². The number of amides is 1. The highest BCUT2D eigenvalue weighted by Gasteiger charge is 2.34. The second-order valence-corrected chi connectivity index (χ2v) is 9.13. The van der Waals surface area contributed by atoms with E-state index >= 15 is 0 Å². The fourth-order valence-electron chi connectivity index (χ4n) is 4.74. The number of piperazine rings is 1. The molecule has 1 amide bonds. The summed E-state index contributed by atoms with van der Waals surface area (Å²) in [6.45, 7) is 10.3. The van der Waals surface area contributed by atoms with Crippen LogP contribution in [0.4, 0.5) is 11.6 Å². The van der Waals surface area contributed by atoms with Gasteiger partial charge in [-0.25, -0.2) is 10.9 Å². The van der Waals surface area contributed by atoms with Crippen LogP contribution < -0.4 is 20.7 Å². The first-order chi connectivity index (χ1) is 16.1. The number of benzene rings is 1. The van der Waals surface area contributed by atoms with Crippen molar-refractivity contribution >= 4 is 17.5 Å². The fraction of sp³-hybridized carbons (Fsp3) is 0.542. The molecular weight excluding hydrogens is 418 g/mol. The van der Waals surface area contributed by atoms with Crippen molar-refractivity contribution in [1.29, 1.82) is 0 Å². The van der Waals surface area contributed by atoms with Gasteiger partial charge in [0.05, 0.1) is 13.2 Å². The SMILES string of the molecule is Cc1ccc(C2CC(C(=O)N3CCN(c4ccc(N5CCOCC5)nn4)CC3)NN2)cc1C. The van der Waals surface area contributed by atoms with E-state index in [1.54, 1.807) is 0 Å². The summed E-state index contributed by atoms with van der Waals surface area (Å²) < 4.78 is 5.40. The molecule has 1 aromatic heterocycles. The third kappa shape index (κ3) is 4.80. The summed E-state index contributed by atoms with van der Waals surface area (Å²) >= 11 is 0. The Kier molecular flexibility index (Phi) is 6.43. The van der Waals surface area contributed by atoms with Crippen molar-refractivity contribution in [2.75, 3.05) is 62.3 Å². The number of anilines is 2. The summed E-state index contributed by atoms with van der Waals surface area (Å²) in [5.41, 5.74) is 10.3. The molecule has 0 saturated carbocycles. The van der Waals surface area contributed by atoms with E-state index in [9.17, 15) is 4.79 Å². The predicted molar refractivity (Wildman–Crippen MR) is 127 cm³/mol. The number of nitrogens with one attached hydrogen (secondary N) is 2. The largest absolute Gasteiger partial charge is 0.378 e. The Labute approximate surface area is 195 Å². The van der Waals surface area contributed by atoms with Crippen molar-refractivity contribution in [3.63, 3.8) is 0 Å². The molecule has 2 atom stereocenters. The molecule has 0 spiro atoms. The van der Waals surface area contributed by atoms with Gasteiger partial charge in [0.25, 0.3) is 0 Å². The molecule has 33 heavy (non-hydrogen) atoms. The fourth-order valence-corrected chi connectivity index (χ4v) is 4.74. The number of hydrogen-bond acceptors (Lipinski definition) is 8. The summed E-state index contributed by atoms with van der Waals surface area (Å²) in [5, 5.41) is 8.87. The summed E-state index contributed by atoms with van der Waals surface area (Å²) in [5.74, 6) is 1.94. The monoisotopic (exact) mass is 451 g/mol. The van der Waals surface area contributed by atoms with Crippen LogP contribution in [0.1, 0.15) is 29.2 Å². The Balaban J connectivity index is 1.13. The molecule has 0 aliphatic carbocycles. The molecule has 2 aromatic rings. The maximum atomic E-state index is 13.1. The van der Waals surface area contributed by atoms with Crippen LogP contribution >= 0.6 is 0 Å². The number of aromatic nitrogens is 2. The third-order valence-corrected chi connectivity index (χ3v) is 7.02. The lowest BCUT2D eigenvalue weighted by Gasteiger charge is -2.36. The van der Waals surface area contributed by atoms with Crippen LogP contribution in [0.25, 0.3) is 0 Å². The maximum absolute atomic E-state index is 13.1. The Morgan fingerprint density at radius 3 is 2.18 bits per heavy atom. The molecule has 4 heterocycles. The van der Waals surface area contributed by atoms with E-state index in [1.807, 2.05) is 17.0 Å². The van der Waals surface area contributed by atoms with E-state index in [0.29, 0.717) is 13.1 Å². The first-order valence-corrected chi connectivity index (χ1v) is 11.9. The number of carbonyl (C=O) groups is 1. The van der Waals surface area contributed by atoms with Crippen LogP contribution in [0.3, 0.4) is 0 Å². The lowest BCUT2D eigenvalue weighted by molar-refractivity contribution is -0.133. The second-order valence-electron chi connectivity index (χ2n) is 9.13. The normalized spacial score (nSPS) is 23.8. The summed E-state index contributed by atoms with van der Waals surface area (Å²) in [4.78, 5) is 19.5. The molecule has 1 aromatic carbocycles. The molecule has 176 valence electrons. The van der Waals surface area contributed by atoms with Crippen LogP contribution in [0, 0.1) is 13.8 Å². The molecule has 5 rings (SSSR count). The van der Waals surface area contributed by atoms with Gasteiger partial charge in [-0.2, -0.15) is 0 Å². The average molecular weight is 452 g/mol. The Morgan fingerprint density at radius 1 is 0.879 bits per heavy atom. The number of nitrogens with zero attached hydrogens (tertiary/aromatic N) is 5. The maximum Gasteiger partial charge on any atom is 0.241 e. The molecule has 2 N–H and O–H groups in total. The summed E-state index contributed by atoms with van der Waals surface area (Å²) in [7, 11) is 0. The lowest BCUT2D eigenvalue weighted by Crippen LogP contribution is -2.53. The van der Waals surface area contributed by atoms with Crippen molar-refractivity contribution in [1.82, 2.24) is 25.9 Å². The van der Waals surface area contributed by atoms with E-state index in [-0.39, 0.29) is 18.0 Å². The zero-order valence-electron chi connectivity index (χ0n) is 19.5. The van der Waals surface area contributed by atoms with E-state index in [0.717, 1.165) is 57.4 Å². The smallest absolute Gasteiger partial charge is 0.241 e. The van der Waals surface area contributed by atoms with Gasteiger partial charge in [0.15, 0.2) is 11.6 Å². The van der Waals surface area contributed by atoms with Crippen LogP contribution in [0.15, 0.2) is 30.3 Å². The van der Waals surface area contributed by atoms with Gasteiger partial charge in [-0.1, -0.05) is 18.2 Å². The van der Waals surface area contributed by atoms with Gasteiger partial charge >= 0.3 is 0 Å². The first-order valence-electron chi connectivity index (χ1n) is 11.9. The van der Waals surface area contributed by atoms with Gasteiger partial charge in [-0.15, -0.1) is 10.2 Å². The number of morpholine rings is 1. The van der Waals surface area contributed by atoms with Gasteiger partial charge in [0.1, 0.15) is 6.04 Å². The number of rotatable bonds is 4. The van der Waals surface area contributed by atoms with Crippen molar-refractivity contribution in [3.05, 3.63) is 47.0 Å². The molecule has 3 saturated heterocycles. The Morgan fingerprint density at radius 2 is 1.55 bits per heavy atom. The van der Waals surface area contributed by atoms with Gasteiger partial charge in [0, 0.05) is 45.3 Å². The number of hydrazine groups is 1. The standard InChI is InChI=1S/C24H33N7O2/c1-17-3-4-19(15-18(17)2)20-16-21(26-25-20)24(32)31-9-7-29(8-10-31)22-5-6-23(28-27-22)30-11-13-33-14-12-30/h3-6,15,20-21,25-26H,7-14,16H2,1-2H3. The molecule has 3 aliphatic rings. The highest BCUT2D eigenvalue weighted by molar-refractivity contribution is 5.82. The van der Waals surface area contributed by atoms with Crippen LogP contribution in [-0.4, -0.2) is 79.5 Å². The molecule has 3 fully saturated rings. The first kappa shape index (κ1) is 22.1. The number of hydrogen-bond donors (Lipinski definition) is 2. The number of aryl methyl sites for hydroxylation is 2. The molecule has 0 radical (unpaired) electrons. The minimum atomic E-state index is -0.198. The van der Waals surface area contributed by atoms with Crippen molar-refractivity contribution in [2.24, 2.45) is 0 Å². The average Bonchev–Trinajstić information content (AvgIpc) is 3.36. The van der Waals surface area contributed by atoms with Gasteiger partial charge < -0.3 is 19.4 Å². The summed E-state index contributed by atoms with van der Waals surface area (Å²) in [6, 6.07) is 10.5. The lowest BCUT2D eigenvalue weighted by atomic mass is 9.98. The Hall–Kier alpha value is -2.75. The van der Waals surface area contributed by atoms with Crippen LogP contribution in [-0.2, 0) is 9.53 Å². The van der Waals surface area contributed by atoms with Crippen molar-refractivity contribution in [3.8, 4) is 0 Å². The number of carbonyl (C=O) groups excluding carboxylic acids is 1. The molecule has 3 aliphatic heterocycles. The van der Waals surface area contributed by atoms with E-state index in [4.69, 9.17) is 4.74 Å². The molecule has 0 bridgehead atoms. The quantitative estimate of drug-likeness (QED) is 0.717. The highest BCUT2D eigenvalue weighted by atomic mass is 16.5. The molecule has 2 unspecified atom stereocenters. The van der Waals surface area contributed by atoms with E-state index < -0.39 is 0 Å². The van der Waals surface area contributed by atoms with Crippen molar-refractivity contribution in [2.45, 2.75) is 32.4 Å². The molecule has 9 heteroatoms.